The summed E-state index contributed by atoms with van der Waals surface area (Å²) < 4.78 is 28.5. The van der Waals surface area contributed by atoms with Crippen LogP contribution in [0.3, 0.4) is 0 Å². The molecule has 0 saturated carbocycles. The molecule has 1 aromatic carbocycles. The van der Waals surface area contributed by atoms with Gasteiger partial charge in [0, 0.05) is 17.7 Å². The average Bonchev–Trinajstić information content (AvgIpc) is 2.98. The summed E-state index contributed by atoms with van der Waals surface area (Å²) in [5, 5.41) is 102. The zero-order valence-electron chi connectivity index (χ0n) is 22.5. The molecule has 10 N–H and O–H groups in total. The average molecular weight is 647 g/mol. The number of ether oxygens (including phenoxy) is 4. The minimum atomic E-state index is -1.90. The molecule has 3 aliphatic heterocycles. The normalized spacial score (nSPS) is 32.2. The van der Waals surface area contributed by atoms with Gasteiger partial charge in [0.05, 0.1) is 18.8 Å². The van der Waals surface area contributed by atoms with Gasteiger partial charge in [-0.1, -0.05) is 0 Å². The van der Waals surface area contributed by atoms with Gasteiger partial charge in [-0.3, -0.25) is 4.79 Å². The highest BCUT2D eigenvalue weighted by Crippen LogP contribution is 2.43. The molecule has 0 amide bonds. The van der Waals surface area contributed by atoms with Crippen LogP contribution in [0, 0.1) is 0 Å². The first-order chi connectivity index (χ1) is 20.4. The number of hydrogen-bond acceptors (Lipinski definition) is 16. The van der Waals surface area contributed by atoms with Crippen LogP contribution in [0.1, 0.15) is 0 Å². The van der Waals surface area contributed by atoms with Crippen LogP contribution in [-0.2, 0) is 14.2 Å². The molecule has 44 heavy (non-hydrogen) atoms. The Morgan fingerprint density at radius 3 is 1.98 bits per heavy atom. The quantitative estimate of drug-likeness (QED) is 0.124. The summed E-state index contributed by atoms with van der Waals surface area (Å²) in [6.07, 6.45) is -17.2. The van der Waals surface area contributed by atoms with Crippen LogP contribution < -0.4 is 10.2 Å². The molecule has 0 unspecified atom stereocenters. The maximum atomic E-state index is 12.0. The van der Waals surface area contributed by atoms with Crippen molar-refractivity contribution in [2.75, 3.05) is 13.2 Å². The van der Waals surface area contributed by atoms with Gasteiger partial charge >= 0.3 is 0 Å². The molecule has 1 aliphatic carbocycles. The highest BCUT2D eigenvalue weighted by Gasteiger charge is 2.51. The smallest absolute Gasteiger partial charge is 0.229 e. The lowest BCUT2D eigenvalue weighted by molar-refractivity contribution is -0.357. The maximum Gasteiger partial charge on any atom is 0.229 e. The monoisotopic (exact) mass is 646 g/mol. The predicted molar refractivity (Wildman–Crippen MR) is 146 cm³/mol. The summed E-state index contributed by atoms with van der Waals surface area (Å²) >= 11 is 0. The fourth-order valence-corrected chi connectivity index (χ4v) is 4.88. The Bertz CT molecular complexity index is 1460. The first-order valence-corrected chi connectivity index (χ1v) is 13.0. The minimum absolute atomic E-state index is 0. The number of phenolic OH excluding ortho intramolecular Hbond substituents is 3. The third kappa shape index (κ3) is 6.28. The molecule has 5 rings (SSSR count). The molecule has 0 aromatic heterocycles. The second-order valence-electron chi connectivity index (χ2n) is 10.1. The molecule has 0 bridgehead atoms. The Kier molecular flexibility index (Phi) is 10.2. The van der Waals surface area contributed by atoms with Crippen LogP contribution in [0.4, 0.5) is 0 Å². The van der Waals surface area contributed by atoms with Gasteiger partial charge in [0.25, 0.3) is 0 Å². The van der Waals surface area contributed by atoms with E-state index in [9.17, 15) is 55.9 Å². The van der Waals surface area contributed by atoms with Crippen LogP contribution in [0.2, 0.25) is 0 Å². The molecule has 17 heteroatoms. The first kappa shape index (κ1) is 33.6. The molecule has 4 aliphatic rings. The number of phenols is 3. The van der Waals surface area contributed by atoms with E-state index in [-0.39, 0.29) is 40.8 Å². The van der Waals surface area contributed by atoms with E-state index in [0.29, 0.717) is 0 Å². The van der Waals surface area contributed by atoms with E-state index in [1.807, 2.05) is 0 Å². The molecular weight excluding hydrogens is 616 g/mol. The van der Waals surface area contributed by atoms with Gasteiger partial charge in [0.15, 0.2) is 40.8 Å². The van der Waals surface area contributed by atoms with Gasteiger partial charge < -0.3 is 74.4 Å². The molecular formula is C27H31ClO16. The van der Waals surface area contributed by atoms with Crippen molar-refractivity contribution < 1.29 is 74.4 Å². The molecule has 3 heterocycles. The molecule has 0 spiro atoms. The van der Waals surface area contributed by atoms with Gasteiger partial charge in [-0.25, -0.2) is 0 Å². The number of aromatic hydroxyl groups is 3. The Balaban J connectivity index is 0.00000442. The molecule has 2 saturated heterocycles. The molecule has 2 fully saturated rings. The van der Waals surface area contributed by atoms with Crippen molar-refractivity contribution in [2.45, 2.75) is 61.4 Å². The van der Waals surface area contributed by atoms with E-state index in [0.717, 1.165) is 24.3 Å². The Labute approximate surface area is 253 Å². The van der Waals surface area contributed by atoms with Crippen molar-refractivity contribution in [3.8, 4) is 45.6 Å². The van der Waals surface area contributed by atoms with E-state index in [1.165, 1.54) is 12.1 Å². The number of hydrogen-bond donors (Lipinski definition) is 10. The fraction of sp³-hybridized carbons (Fsp3) is 0.444. The van der Waals surface area contributed by atoms with Crippen LogP contribution in [0.15, 0.2) is 45.6 Å². The zero-order chi connectivity index (χ0) is 31.2. The molecule has 0 radical (unpaired) electrons. The van der Waals surface area contributed by atoms with Gasteiger partial charge in [0.1, 0.15) is 54.2 Å². The predicted octanol–water partition coefficient (Wildman–Crippen LogP) is -2.05. The topological polar surface area (TPSA) is 269 Å². The Morgan fingerprint density at radius 2 is 1.34 bits per heavy atom. The van der Waals surface area contributed by atoms with Gasteiger partial charge in [-0.15, -0.1) is 12.4 Å². The SMILES string of the molecule is Cl.O=c1cc2oc(-c3ccc(O)c(O)c3)c(O[C@H]3O[C@H](CO)[C@@H](O)[C@H](O)[C@H]3O[C@@H]3O[C@H](CO)[C@@H](O)[C@H](O)[C@H]3O)cc-2c(O)c1. The minimum Gasteiger partial charge on any atom is -0.507 e. The van der Waals surface area contributed by atoms with Crippen molar-refractivity contribution in [3.05, 3.63) is 46.6 Å². The second-order valence-corrected chi connectivity index (χ2v) is 10.1. The van der Waals surface area contributed by atoms with Crippen LogP contribution >= 0.6 is 12.4 Å². The van der Waals surface area contributed by atoms with E-state index in [4.69, 9.17) is 23.4 Å². The summed E-state index contributed by atoms with van der Waals surface area (Å²) in [6, 6.07) is 6.79. The molecule has 16 nitrogen and oxygen atoms in total. The van der Waals surface area contributed by atoms with Crippen molar-refractivity contribution in [2.24, 2.45) is 0 Å². The lowest BCUT2D eigenvalue weighted by Gasteiger charge is -2.45. The summed E-state index contributed by atoms with van der Waals surface area (Å²) in [5.41, 5.74) is -0.499. The number of rotatable bonds is 7. The number of fused-ring (bicyclic) bond motifs is 1. The van der Waals surface area contributed by atoms with Gasteiger partial charge in [0.2, 0.25) is 6.29 Å². The standard InChI is InChI=1S/C27H30O16.ClH/c28-7-17-19(34)21(36)23(38)26(41-17)43-25-22(37)20(35)18(8-29)42-27(25)40-16-6-11-13(32)4-10(30)5-15(11)39-24(16)9-1-2-12(31)14(33)3-9;/h1-6,17-23,25-29,31-38H,7-8H2;1H/t17-,18-,19-,20-,21+,22+,23-,25-,26+,27+;/m1./s1. The van der Waals surface area contributed by atoms with E-state index >= 15 is 0 Å². The number of benzene rings is 2. The van der Waals surface area contributed by atoms with Crippen molar-refractivity contribution in [3.63, 3.8) is 0 Å². The Morgan fingerprint density at radius 1 is 0.705 bits per heavy atom. The number of aliphatic hydroxyl groups excluding tert-OH is 7. The van der Waals surface area contributed by atoms with E-state index in [2.05, 4.69) is 0 Å². The molecule has 242 valence electrons. The van der Waals surface area contributed by atoms with Crippen molar-refractivity contribution in [1.82, 2.24) is 0 Å². The van der Waals surface area contributed by atoms with Crippen LogP contribution in [0.5, 0.6) is 23.0 Å². The summed E-state index contributed by atoms with van der Waals surface area (Å²) in [5.74, 6) is -2.02. The van der Waals surface area contributed by atoms with Crippen LogP contribution in [0.25, 0.3) is 22.6 Å². The molecule has 10 atom stereocenters. The van der Waals surface area contributed by atoms with Crippen LogP contribution in [-0.4, -0.2) is 126 Å². The van der Waals surface area contributed by atoms with E-state index < -0.39 is 97.3 Å². The van der Waals surface area contributed by atoms with Gasteiger partial charge in [-0.05, 0) is 24.3 Å². The van der Waals surface area contributed by atoms with Gasteiger partial charge in [-0.2, -0.15) is 0 Å². The third-order valence-corrected chi connectivity index (χ3v) is 7.25. The summed E-state index contributed by atoms with van der Waals surface area (Å²) in [4.78, 5) is 12.0. The highest BCUT2D eigenvalue weighted by molar-refractivity contribution is 5.85. The van der Waals surface area contributed by atoms with Crippen molar-refractivity contribution in [1.29, 1.82) is 0 Å². The van der Waals surface area contributed by atoms with Crippen molar-refractivity contribution >= 4 is 12.4 Å². The summed E-state index contributed by atoms with van der Waals surface area (Å²) in [7, 11) is 0. The summed E-state index contributed by atoms with van der Waals surface area (Å²) in [6.45, 7) is -1.57. The maximum absolute atomic E-state index is 12.0. The number of halogens is 1. The third-order valence-electron chi connectivity index (χ3n) is 7.25. The molecule has 1 aromatic rings. The fourth-order valence-electron chi connectivity index (χ4n) is 4.88. The Hall–Kier alpha value is -3.26. The zero-order valence-corrected chi connectivity index (χ0v) is 23.3. The lowest BCUT2D eigenvalue weighted by Crippen LogP contribution is -2.65. The number of aliphatic hydroxyl groups is 7. The largest absolute Gasteiger partial charge is 0.507 e. The second kappa shape index (κ2) is 13.4. The first-order valence-electron chi connectivity index (χ1n) is 13.0. The highest BCUT2D eigenvalue weighted by atomic mass is 35.5. The van der Waals surface area contributed by atoms with E-state index in [1.54, 1.807) is 0 Å². The lowest BCUT2D eigenvalue weighted by atomic mass is 9.97.